The summed E-state index contributed by atoms with van der Waals surface area (Å²) >= 11 is 0. The number of hydrogen-bond acceptors (Lipinski definition) is 6. The molecule has 0 spiro atoms. The lowest BCUT2D eigenvalue weighted by atomic mass is 10.2. The summed E-state index contributed by atoms with van der Waals surface area (Å²) < 4.78 is 29.2. The maximum atomic E-state index is 13.0. The van der Waals surface area contributed by atoms with Crippen molar-refractivity contribution in [1.82, 2.24) is 24.3 Å². The third-order valence-electron chi connectivity index (χ3n) is 4.89. The topological polar surface area (TPSA) is 84.2 Å². The summed E-state index contributed by atoms with van der Waals surface area (Å²) in [5, 5.41) is 12.6. The fraction of sp³-hybridized carbons (Fsp3) is 0.316. The molecule has 1 fully saturated rings. The average Bonchev–Trinajstić information content (AvgIpc) is 3.23. The van der Waals surface area contributed by atoms with Gasteiger partial charge in [0.15, 0.2) is 11.6 Å². The van der Waals surface area contributed by atoms with E-state index in [-0.39, 0.29) is 0 Å². The smallest absolute Gasteiger partial charge is 0.243 e. The quantitative estimate of drug-likeness (QED) is 0.666. The highest BCUT2D eigenvalue weighted by Gasteiger charge is 2.30. The summed E-state index contributed by atoms with van der Waals surface area (Å²) in [4.78, 5) is 2.43. The zero-order valence-corrected chi connectivity index (χ0v) is 16.7. The van der Waals surface area contributed by atoms with Gasteiger partial charge in [-0.05, 0) is 43.7 Å². The molecule has 4 rings (SSSR count). The highest BCUT2D eigenvalue weighted by Crippen LogP contribution is 2.23. The second kappa shape index (κ2) is 7.33. The third-order valence-corrected chi connectivity index (χ3v) is 6.95. The molecule has 1 aliphatic heterocycles. The molecule has 9 heteroatoms. The Kier molecular flexibility index (Phi) is 4.86. The molecule has 0 atom stereocenters. The lowest BCUT2D eigenvalue weighted by Crippen LogP contribution is -2.49. The van der Waals surface area contributed by atoms with E-state index in [0.29, 0.717) is 36.9 Å². The van der Waals surface area contributed by atoms with Gasteiger partial charge in [-0.25, -0.2) is 13.1 Å². The first-order chi connectivity index (χ1) is 13.4. The SMILES string of the molecule is Cc1ccc(S(=O)(=O)N2CCN(c3ccc(-n4cccn4)nn3)CC2)c(C)c1. The Morgan fingerprint density at radius 2 is 1.64 bits per heavy atom. The molecule has 1 aromatic carbocycles. The fourth-order valence-corrected chi connectivity index (χ4v) is 5.03. The average molecular weight is 398 g/mol. The number of hydrogen-bond donors (Lipinski definition) is 0. The van der Waals surface area contributed by atoms with Gasteiger partial charge in [0.1, 0.15) is 0 Å². The van der Waals surface area contributed by atoms with Crippen LogP contribution in [0.4, 0.5) is 5.82 Å². The van der Waals surface area contributed by atoms with Gasteiger partial charge in [0.05, 0.1) is 4.90 Å². The molecule has 146 valence electrons. The Morgan fingerprint density at radius 3 is 2.25 bits per heavy atom. The molecular formula is C19H22N6O2S. The predicted molar refractivity (Wildman–Crippen MR) is 106 cm³/mol. The van der Waals surface area contributed by atoms with Gasteiger partial charge in [0.25, 0.3) is 0 Å². The molecule has 0 N–H and O–H groups in total. The van der Waals surface area contributed by atoms with Crippen LogP contribution in [-0.2, 0) is 10.0 Å². The summed E-state index contributed by atoms with van der Waals surface area (Å²) in [6, 6.07) is 11.0. The van der Waals surface area contributed by atoms with Gasteiger partial charge in [-0.1, -0.05) is 17.7 Å². The van der Waals surface area contributed by atoms with Crippen molar-refractivity contribution in [2.75, 3.05) is 31.1 Å². The van der Waals surface area contributed by atoms with E-state index in [4.69, 9.17) is 0 Å². The highest BCUT2D eigenvalue weighted by atomic mass is 32.2. The molecule has 0 unspecified atom stereocenters. The standard InChI is InChI=1S/C19H22N6O2S/c1-15-4-5-17(16(2)14-15)28(26,27)24-12-10-23(11-13-24)18-6-7-19(22-21-18)25-9-3-8-20-25/h3-9,14H,10-13H2,1-2H3. The van der Waals surface area contributed by atoms with Gasteiger partial charge in [0, 0.05) is 38.6 Å². The van der Waals surface area contributed by atoms with E-state index < -0.39 is 10.0 Å². The lowest BCUT2D eigenvalue weighted by Gasteiger charge is -2.34. The number of piperazine rings is 1. The van der Waals surface area contributed by atoms with Crippen molar-refractivity contribution in [3.05, 3.63) is 59.9 Å². The number of anilines is 1. The van der Waals surface area contributed by atoms with Crippen LogP contribution in [0.3, 0.4) is 0 Å². The molecule has 28 heavy (non-hydrogen) atoms. The molecule has 2 aromatic heterocycles. The number of benzene rings is 1. The van der Waals surface area contributed by atoms with Crippen LogP contribution in [0, 0.1) is 13.8 Å². The van der Waals surface area contributed by atoms with Gasteiger partial charge < -0.3 is 4.90 Å². The Labute approximate surface area is 164 Å². The summed E-state index contributed by atoms with van der Waals surface area (Å²) in [5.41, 5.74) is 1.83. The van der Waals surface area contributed by atoms with E-state index >= 15 is 0 Å². The molecule has 0 aliphatic carbocycles. The summed E-state index contributed by atoms with van der Waals surface area (Å²) in [7, 11) is -3.49. The molecule has 3 heterocycles. The second-order valence-corrected chi connectivity index (χ2v) is 8.77. The lowest BCUT2D eigenvalue weighted by molar-refractivity contribution is 0.383. The van der Waals surface area contributed by atoms with Crippen LogP contribution in [0.1, 0.15) is 11.1 Å². The Morgan fingerprint density at radius 1 is 0.929 bits per heavy atom. The van der Waals surface area contributed by atoms with E-state index in [1.807, 2.05) is 49.1 Å². The van der Waals surface area contributed by atoms with Gasteiger partial charge in [-0.15, -0.1) is 10.2 Å². The van der Waals surface area contributed by atoms with Crippen molar-refractivity contribution >= 4 is 15.8 Å². The van der Waals surface area contributed by atoms with E-state index in [1.54, 1.807) is 27.4 Å². The van der Waals surface area contributed by atoms with Crippen LogP contribution in [0.25, 0.3) is 5.82 Å². The van der Waals surface area contributed by atoms with Gasteiger partial charge in [0.2, 0.25) is 10.0 Å². The Hall–Kier alpha value is -2.78. The highest BCUT2D eigenvalue weighted by molar-refractivity contribution is 7.89. The number of aryl methyl sites for hydroxylation is 2. The molecule has 0 bridgehead atoms. The van der Waals surface area contributed by atoms with Gasteiger partial charge >= 0.3 is 0 Å². The van der Waals surface area contributed by atoms with E-state index in [9.17, 15) is 8.42 Å². The Balaban J connectivity index is 1.45. The van der Waals surface area contributed by atoms with Gasteiger partial charge in [-0.3, -0.25) is 0 Å². The molecule has 1 aliphatic rings. The summed E-state index contributed by atoms with van der Waals surface area (Å²) in [5.74, 6) is 1.38. The zero-order chi connectivity index (χ0) is 19.7. The van der Waals surface area contributed by atoms with Crippen LogP contribution in [0.15, 0.2) is 53.7 Å². The van der Waals surface area contributed by atoms with Crippen LogP contribution in [0.2, 0.25) is 0 Å². The first kappa shape index (κ1) is 18.6. The van der Waals surface area contributed by atoms with Crippen molar-refractivity contribution in [2.24, 2.45) is 0 Å². The first-order valence-electron chi connectivity index (χ1n) is 9.11. The molecule has 0 radical (unpaired) electrons. The van der Waals surface area contributed by atoms with E-state index in [1.165, 1.54) is 0 Å². The van der Waals surface area contributed by atoms with Crippen LogP contribution < -0.4 is 4.90 Å². The molecule has 0 saturated carbocycles. The maximum Gasteiger partial charge on any atom is 0.243 e. The summed E-state index contributed by atoms with van der Waals surface area (Å²) in [6.45, 7) is 5.77. The second-order valence-electron chi connectivity index (χ2n) is 6.86. The third kappa shape index (κ3) is 3.50. The zero-order valence-electron chi connectivity index (χ0n) is 15.9. The molecule has 8 nitrogen and oxygen atoms in total. The maximum absolute atomic E-state index is 13.0. The molecule has 3 aromatic rings. The number of nitrogens with zero attached hydrogens (tertiary/aromatic N) is 6. The van der Waals surface area contributed by atoms with E-state index in [2.05, 4.69) is 15.3 Å². The monoisotopic (exact) mass is 398 g/mol. The molecule has 1 saturated heterocycles. The number of aromatic nitrogens is 4. The minimum Gasteiger partial charge on any atom is -0.352 e. The fourth-order valence-electron chi connectivity index (χ4n) is 3.40. The predicted octanol–water partition coefficient (Wildman–Crippen LogP) is 1.79. The van der Waals surface area contributed by atoms with Crippen molar-refractivity contribution in [2.45, 2.75) is 18.7 Å². The normalized spacial score (nSPS) is 15.7. The van der Waals surface area contributed by atoms with Crippen molar-refractivity contribution in [1.29, 1.82) is 0 Å². The van der Waals surface area contributed by atoms with Crippen molar-refractivity contribution in [3.8, 4) is 5.82 Å². The first-order valence-corrected chi connectivity index (χ1v) is 10.6. The van der Waals surface area contributed by atoms with Crippen molar-refractivity contribution in [3.63, 3.8) is 0 Å². The van der Waals surface area contributed by atoms with Crippen molar-refractivity contribution < 1.29 is 8.42 Å². The van der Waals surface area contributed by atoms with Crippen LogP contribution >= 0.6 is 0 Å². The number of rotatable bonds is 4. The van der Waals surface area contributed by atoms with Crippen LogP contribution in [-0.4, -0.2) is 58.9 Å². The number of sulfonamides is 1. The Bertz CT molecular complexity index is 1060. The molecule has 0 amide bonds. The van der Waals surface area contributed by atoms with Gasteiger partial charge in [-0.2, -0.15) is 9.40 Å². The minimum absolute atomic E-state index is 0.384. The summed E-state index contributed by atoms with van der Waals surface area (Å²) in [6.07, 6.45) is 3.49. The minimum atomic E-state index is -3.49. The molecular weight excluding hydrogens is 376 g/mol. The van der Waals surface area contributed by atoms with E-state index in [0.717, 1.165) is 16.9 Å². The van der Waals surface area contributed by atoms with Crippen LogP contribution in [0.5, 0.6) is 0 Å². The largest absolute Gasteiger partial charge is 0.352 e.